The first-order valence-corrected chi connectivity index (χ1v) is 8.09. The Morgan fingerprint density at radius 3 is 2.50 bits per heavy atom. The second kappa shape index (κ2) is 9.82. The molecule has 0 aliphatic carbocycles. The quantitative estimate of drug-likeness (QED) is 0.628. The van der Waals surface area contributed by atoms with Crippen molar-refractivity contribution in [3.8, 4) is 5.75 Å². The number of hydrogen-bond donors (Lipinski definition) is 1. The van der Waals surface area contributed by atoms with Gasteiger partial charge in [0.05, 0.1) is 6.61 Å². The molecule has 1 aromatic carbocycles. The molecule has 20 heavy (non-hydrogen) atoms. The Labute approximate surface area is 124 Å². The molecule has 0 aliphatic heterocycles. The van der Waals surface area contributed by atoms with Gasteiger partial charge >= 0.3 is 0 Å². The fourth-order valence-corrected chi connectivity index (χ4v) is 2.35. The van der Waals surface area contributed by atoms with Gasteiger partial charge in [0.2, 0.25) is 0 Å². The van der Waals surface area contributed by atoms with E-state index < -0.39 is 0 Å². The first-order chi connectivity index (χ1) is 9.65. The number of benzene rings is 1. The van der Waals surface area contributed by atoms with Crippen LogP contribution in [-0.4, -0.2) is 19.7 Å². The summed E-state index contributed by atoms with van der Waals surface area (Å²) in [7, 11) is 0. The molecule has 0 aliphatic rings. The normalized spacial score (nSPS) is 11.1. The summed E-state index contributed by atoms with van der Waals surface area (Å²) in [6, 6.07) is 6.46. The Kier molecular flexibility index (Phi) is 8.36. The molecule has 0 unspecified atom stereocenters. The van der Waals surface area contributed by atoms with Crippen LogP contribution < -0.4 is 10.1 Å². The van der Waals surface area contributed by atoms with Gasteiger partial charge in [-0.2, -0.15) is 0 Å². The highest BCUT2D eigenvalue weighted by atomic mass is 16.5. The molecular formula is C18H31NO. The third-order valence-corrected chi connectivity index (χ3v) is 3.59. The van der Waals surface area contributed by atoms with E-state index in [0.29, 0.717) is 5.92 Å². The van der Waals surface area contributed by atoms with Crippen LogP contribution in [0.15, 0.2) is 18.2 Å². The fraction of sp³-hybridized carbons (Fsp3) is 0.667. The van der Waals surface area contributed by atoms with Crippen LogP contribution in [0.2, 0.25) is 0 Å². The SMILES string of the molecule is CCCCNCCCCOc1ccc(C(C)C)c(C)c1. The van der Waals surface area contributed by atoms with Gasteiger partial charge in [0.25, 0.3) is 0 Å². The Balaban J connectivity index is 2.18. The van der Waals surface area contributed by atoms with Gasteiger partial charge in [-0.3, -0.25) is 0 Å². The van der Waals surface area contributed by atoms with Crippen molar-refractivity contribution in [2.45, 2.75) is 59.3 Å². The monoisotopic (exact) mass is 277 g/mol. The lowest BCUT2D eigenvalue weighted by Crippen LogP contribution is -2.17. The maximum atomic E-state index is 5.82. The molecule has 1 aromatic rings. The van der Waals surface area contributed by atoms with Crippen LogP contribution in [0.4, 0.5) is 0 Å². The lowest BCUT2D eigenvalue weighted by Gasteiger charge is -2.12. The van der Waals surface area contributed by atoms with E-state index in [1.165, 1.54) is 30.4 Å². The highest BCUT2D eigenvalue weighted by molar-refractivity contribution is 5.36. The number of hydrogen-bond acceptors (Lipinski definition) is 2. The molecule has 0 saturated carbocycles. The zero-order valence-corrected chi connectivity index (χ0v) is 13.7. The standard InChI is InChI=1S/C18H31NO/c1-5-6-11-19-12-7-8-13-20-17-9-10-18(15(2)3)16(4)14-17/h9-10,14-15,19H,5-8,11-13H2,1-4H3. The second-order valence-corrected chi connectivity index (χ2v) is 5.83. The summed E-state index contributed by atoms with van der Waals surface area (Å²) >= 11 is 0. The summed E-state index contributed by atoms with van der Waals surface area (Å²) in [6.07, 6.45) is 4.84. The van der Waals surface area contributed by atoms with Crippen molar-refractivity contribution in [2.24, 2.45) is 0 Å². The first kappa shape index (κ1) is 17.0. The van der Waals surface area contributed by atoms with Crippen LogP contribution in [0.3, 0.4) is 0 Å². The number of rotatable bonds is 10. The Morgan fingerprint density at radius 1 is 1.10 bits per heavy atom. The van der Waals surface area contributed by atoms with Crippen LogP contribution in [0, 0.1) is 6.92 Å². The average Bonchev–Trinajstić information content (AvgIpc) is 2.41. The lowest BCUT2D eigenvalue weighted by atomic mass is 9.98. The number of nitrogens with one attached hydrogen (secondary N) is 1. The van der Waals surface area contributed by atoms with Crippen LogP contribution >= 0.6 is 0 Å². The lowest BCUT2D eigenvalue weighted by molar-refractivity contribution is 0.305. The third kappa shape index (κ3) is 6.42. The molecule has 0 spiro atoms. The molecule has 114 valence electrons. The Morgan fingerprint density at radius 2 is 1.85 bits per heavy atom. The highest BCUT2D eigenvalue weighted by Crippen LogP contribution is 2.23. The molecule has 0 bridgehead atoms. The maximum absolute atomic E-state index is 5.82. The third-order valence-electron chi connectivity index (χ3n) is 3.59. The molecule has 1 N–H and O–H groups in total. The summed E-state index contributed by atoms with van der Waals surface area (Å²) < 4.78 is 5.82. The molecule has 2 heteroatoms. The molecule has 1 rings (SSSR count). The summed E-state index contributed by atoms with van der Waals surface area (Å²) in [5.74, 6) is 1.59. The topological polar surface area (TPSA) is 21.3 Å². The van der Waals surface area contributed by atoms with Crippen LogP contribution in [0.1, 0.15) is 63.5 Å². The van der Waals surface area contributed by atoms with Crippen molar-refractivity contribution in [3.63, 3.8) is 0 Å². The zero-order chi connectivity index (χ0) is 14.8. The first-order valence-electron chi connectivity index (χ1n) is 8.09. The Bertz CT molecular complexity index is 374. The smallest absolute Gasteiger partial charge is 0.119 e. The van der Waals surface area contributed by atoms with Gasteiger partial charge in [0, 0.05) is 0 Å². The predicted molar refractivity (Wildman–Crippen MR) is 87.8 cm³/mol. The average molecular weight is 277 g/mol. The van der Waals surface area contributed by atoms with E-state index in [-0.39, 0.29) is 0 Å². The molecule has 0 fully saturated rings. The summed E-state index contributed by atoms with van der Waals surface area (Å²) in [5, 5.41) is 3.46. The van der Waals surface area contributed by atoms with E-state index in [0.717, 1.165) is 31.9 Å². The summed E-state index contributed by atoms with van der Waals surface area (Å²) in [6.45, 7) is 11.9. The maximum Gasteiger partial charge on any atom is 0.119 e. The van der Waals surface area contributed by atoms with E-state index in [1.54, 1.807) is 0 Å². The molecule has 0 saturated heterocycles. The number of ether oxygens (including phenoxy) is 1. The molecular weight excluding hydrogens is 246 g/mol. The van der Waals surface area contributed by atoms with Crippen LogP contribution in [-0.2, 0) is 0 Å². The van der Waals surface area contributed by atoms with Crippen LogP contribution in [0.25, 0.3) is 0 Å². The van der Waals surface area contributed by atoms with Gasteiger partial charge in [-0.1, -0.05) is 33.3 Å². The molecule has 2 nitrogen and oxygen atoms in total. The Hall–Kier alpha value is -1.02. The largest absolute Gasteiger partial charge is 0.494 e. The van der Waals surface area contributed by atoms with E-state index in [4.69, 9.17) is 4.74 Å². The summed E-state index contributed by atoms with van der Waals surface area (Å²) in [4.78, 5) is 0. The zero-order valence-electron chi connectivity index (χ0n) is 13.7. The van der Waals surface area contributed by atoms with Gasteiger partial charge in [-0.25, -0.2) is 0 Å². The number of aryl methyl sites for hydroxylation is 1. The van der Waals surface area contributed by atoms with Gasteiger partial charge in [-0.15, -0.1) is 0 Å². The van der Waals surface area contributed by atoms with Crippen LogP contribution in [0.5, 0.6) is 5.75 Å². The van der Waals surface area contributed by atoms with Gasteiger partial charge < -0.3 is 10.1 Å². The fourth-order valence-electron chi connectivity index (χ4n) is 2.35. The molecule has 0 amide bonds. The van der Waals surface area contributed by atoms with Crippen molar-refractivity contribution in [2.75, 3.05) is 19.7 Å². The van der Waals surface area contributed by atoms with Crippen molar-refractivity contribution in [1.29, 1.82) is 0 Å². The minimum atomic E-state index is 0.582. The molecule has 0 heterocycles. The van der Waals surface area contributed by atoms with E-state index in [1.807, 2.05) is 0 Å². The highest BCUT2D eigenvalue weighted by Gasteiger charge is 2.04. The van der Waals surface area contributed by atoms with Gasteiger partial charge in [-0.05, 0) is 68.5 Å². The van der Waals surface area contributed by atoms with E-state index in [9.17, 15) is 0 Å². The van der Waals surface area contributed by atoms with Gasteiger partial charge in [0.15, 0.2) is 0 Å². The van der Waals surface area contributed by atoms with Gasteiger partial charge in [0.1, 0.15) is 5.75 Å². The molecule has 0 aromatic heterocycles. The minimum Gasteiger partial charge on any atom is -0.494 e. The second-order valence-electron chi connectivity index (χ2n) is 5.83. The minimum absolute atomic E-state index is 0.582. The molecule has 0 radical (unpaired) electrons. The van der Waals surface area contributed by atoms with Crippen molar-refractivity contribution in [1.82, 2.24) is 5.32 Å². The van der Waals surface area contributed by atoms with Crippen molar-refractivity contribution in [3.05, 3.63) is 29.3 Å². The summed E-state index contributed by atoms with van der Waals surface area (Å²) in [5.41, 5.74) is 2.75. The number of unbranched alkanes of at least 4 members (excludes halogenated alkanes) is 2. The van der Waals surface area contributed by atoms with Crippen molar-refractivity contribution >= 4 is 0 Å². The predicted octanol–water partition coefficient (Wildman–Crippen LogP) is 4.67. The van der Waals surface area contributed by atoms with E-state index in [2.05, 4.69) is 51.2 Å². The van der Waals surface area contributed by atoms with Crippen molar-refractivity contribution < 1.29 is 4.74 Å². The van der Waals surface area contributed by atoms with E-state index >= 15 is 0 Å². The molecule has 0 atom stereocenters.